The van der Waals surface area contributed by atoms with Crippen molar-refractivity contribution < 1.29 is 22.7 Å². The quantitative estimate of drug-likeness (QED) is 0.307. The fourth-order valence-electron chi connectivity index (χ4n) is 1.41. The van der Waals surface area contributed by atoms with E-state index in [9.17, 15) is 17.6 Å². The highest BCUT2D eigenvalue weighted by Gasteiger charge is 2.10. The smallest absolute Gasteiger partial charge is 0.145 e. The fraction of sp³-hybridized carbons (Fsp3) is 0.143. The molecule has 22 heavy (non-hydrogen) atoms. The maximum absolute atomic E-state index is 12.9. The second-order valence-electron chi connectivity index (χ2n) is 3.94. The Morgan fingerprint density at radius 3 is 1.50 bits per heavy atom. The molecule has 0 amide bonds. The number of hydrogen-bond acceptors (Lipinski definition) is 1. The molecule has 0 radical (unpaired) electrons. The van der Waals surface area contributed by atoms with Crippen molar-refractivity contribution in [3.63, 3.8) is 0 Å². The molecule has 0 unspecified atom stereocenters. The summed E-state index contributed by atoms with van der Waals surface area (Å²) in [4.78, 5) is 0. The van der Waals surface area contributed by atoms with E-state index in [0.717, 1.165) is 6.07 Å². The Bertz CT molecular complexity index is 608. The van der Waals surface area contributed by atoms with Crippen molar-refractivity contribution in [2.24, 2.45) is 0 Å². The van der Waals surface area contributed by atoms with Gasteiger partial charge in [0.2, 0.25) is 0 Å². The second kappa shape index (κ2) is 9.00. The molecule has 0 aliphatic heterocycles. The number of aliphatic hydroxyl groups excluding tert-OH is 1. The summed E-state index contributed by atoms with van der Waals surface area (Å²) in [6.45, 7) is -0.628. The van der Waals surface area contributed by atoms with Crippen molar-refractivity contribution in [3.8, 4) is 0 Å². The molecule has 120 valence electrons. The van der Waals surface area contributed by atoms with Crippen molar-refractivity contribution in [1.29, 1.82) is 0 Å². The van der Waals surface area contributed by atoms with Gasteiger partial charge in [0.25, 0.3) is 0 Å². The molecule has 0 atom stereocenters. The molecule has 0 aromatic heterocycles. The van der Waals surface area contributed by atoms with Crippen molar-refractivity contribution in [1.82, 2.24) is 0 Å². The van der Waals surface area contributed by atoms with Crippen LogP contribution in [-0.2, 0) is 11.9 Å². The average Bonchev–Trinajstić information content (AvgIpc) is 2.49. The van der Waals surface area contributed by atoms with E-state index in [0.29, 0.717) is 0 Å². The minimum Gasteiger partial charge on any atom is -0.391 e. The summed E-state index contributed by atoms with van der Waals surface area (Å²) in [6, 6.07) is 4.92. The predicted octanol–water partition coefficient (Wildman–Crippen LogP) is 5.84. The molecule has 2 rings (SSSR count). The van der Waals surface area contributed by atoms with Crippen LogP contribution in [0.2, 0.25) is 0 Å². The van der Waals surface area contributed by atoms with E-state index >= 15 is 0 Å². The first-order valence-electron chi connectivity index (χ1n) is 5.75. The van der Waals surface area contributed by atoms with E-state index in [4.69, 9.17) is 5.11 Å². The summed E-state index contributed by atoms with van der Waals surface area (Å²) in [7, 11) is 0. The van der Waals surface area contributed by atoms with Crippen LogP contribution >= 0.6 is 47.8 Å². The summed E-state index contributed by atoms with van der Waals surface area (Å²) >= 11 is 8.82. The third-order valence-electron chi connectivity index (χ3n) is 2.57. The first-order valence-corrected chi connectivity index (χ1v) is 8.45. The number of rotatable bonds is 2. The topological polar surface area (TPSA) is 20.2 Å². The van der Waals surface area contributed by atoms with Crippen LogP contribution in [0.5, 0.6) is 0 Å². The van der Waals surface area contributed by atoms with Crippen molar-refractivity contribution in [3.05, 3.63) is 67.6 Å². The van der Waals surface area contributed by atoms with Gasteiger partial charge < -0.3 is 5.11 Å². The van der Waals surface area contributed by atoms with E-state index in [-0.39, 0.29) is 25.4 Å². The Balaban J connectivity index is 0.000000220. The maximum atomic E-state index is 12.9. The summed E-state index contributed by atoms with van der Waals surface area (Å²) in [6.07, 6.45) is 0. The zero-order chi connectivity index (χ0) is 16.9. The largest absolute Gasteiger partial charge is 0.391 e. The van der Waals surface area contributed by atoms with E-state index < -0.39 is 29.9 Å². The number of alkyl halides is 1. The molecular weight excluding hydrogens is 500 g/mol. The predicted molar refractivity (Wildman–Crippen MR) is 86.7 cm³/mol. The van der Waals surface area contributed by atoms with Gasteiger partial charge >= 0.3 is 0 Å². The molecule has 8 heteroatoms. The minimum atomic E-state index is -0.743. The van der Waals surface area contributed by atoms with E-state index in [1.54, 1.807) is 0 Å². The average molecular weight is 509 g/mol. The summed E-state index contributed by atoms with van der Waals surface area (Å²) in [5.41, 5.74) is -0.251. The highest BCUT2D eigenvalue weighted by Crippen LogP contribution is 2.23. The van der Waals surface area contributed by atoms with Gasteiger partial charge in [-0.2, -0.15) is 0 Å². The molecule has 2 aromatic carbocycles. The monoisotopic (exact) mass is 506 g/mol. The lowest BCUT2D eigenvalue weighted by Gasteiger charge is -2.01. The number of aliphatic hydroxyl groups is 1. The first kappa shape index (κ1) is 19.6. The van der Waals surface area contributed by atoms with Gasteiger partial charge in [-0.15, -0.1) is 0 Å². The standard InChI is InChI=1S/C7H4Br2F2.C7H5BrF2O/c8-3-4-6(10)2-1-5(9)7(4)11;8-5-1-2-6(9)4(3-11)7(5)10/h1-2H,3H2;1-2,11H,3H2. The SMILES string of the molecule is Fc1ccc(Br)c(F)c1CBr.OCc1c(F)ccc(Br)c1F. The fourth-order valence-corrected chi connectivity index (χ4v) is 2.66. The lowest BCUT2D eigenvalue weighted by atomic mass is 10.2. The number of benzene rings is 2. The highest BCUT2D eigenvalue weighted by molar-refractivity contribution is 9.10. The van der Waals surface area contributed by atoms with Gasteiger partial charge in [0.05, 0.1) is 21.1 Å². The van der Waals surface area contributed by atoms with Crippen LogP contribution < -0.4 is 0 Å². The summed E-state index contributed by atoms with van der Waals surface area (Å²) in [5.74, 6) is -2.54. The van der Waals surface area contributed by atoms with Gasteiger partial charge in [-0.25, -0.2) is 17.6 Å². The molecular formula is C14H9Br3F4O. The van der Waals surface area contributed by atoms with Crippen LogP contribution in [0.4, 0.5) is 17.6 Å². The second-order valence-corrected chi connectivity index (χ2v) is 6.20. The number of halogens is 7. The molecule has 0 saturated heterocycles. The summed E-state index contributed by atoms with van der Waals surface area (Å²) in [5, 5.41) is 8.71. The third-order valence-corrected chi connectivity index (χ3v) is 4.36. The van der Waals surface area contributed by atoms with E-state index in [2.05, 4.69) is 47.8 Å². The minimum absolute atomic E-state index is 0.0550. The van der Waals surface area contributed by atoms with Crippen molar-refractivity contribution in [2.75, 3.05) is 0 Å². The summed E-state index contributed by atoms with van der Waals surface area (Å²) < 4.78 is 51.6. The number of hydrogen-bond donors (Lipinski definition) is 1. The van der Waals surface area contributed by atoms with Crippen LogP contribution in [0, 0.1) is 23.3 Å². The van der Waals surface area contributed by atoms with Gasteiger partial charge in [0.15, 0.2) is 0 Å². The van der Waals surface area contributed by atoms with Crippen LogP contribution in [0.25, 0.3) is 0 Å². The van der Waals surface area contributed by atoms with E-state index in [1.165, 1.54) is 18.2 Å². The first-order chi connectivity index (χ1) is 10.3. The molecule has 0 saturated carbocycles. The van der Waals surface area contributed by atoms with Crippen LogP contribution in [0.15, 0.2) is 33.2 Å². The van der Waals surface area contributed by atoms with Crippen LogP contribution in [0.1, 0.15) is 11.1 Å². The third kappa shape index (κ3) is 4.78. The van der Waals surface area contributed by atoms with Crippen molar-refractivity contribution in [2.45, 2.75) is 11.9 Å². The van der Waals surface area contributed by atoms with Gasteiger partial charge in [0.1, 0.15) is 23.3 Å². The molecule has 0 bridgehead atoms. The van der Waals surface area contributed by atoms with Gasteiger partial charge in [0, 0.05) is 10.9 Å². The normalized spacial score (nSPS) is 10.2. The van der Waals surface area contributed by atoms with Crippen LogP contribution in [0.3, 0.4) is 0 Å². The molecule has 0 fully saturated rings. The Hall–Kier alpha value is -0.440. The highest BCUT2D eigenvalue weighted by atomic mass is 79.9. The molecule has 0 spiro atoms. The molecule has 1 N–H and O–H groups in total. The Kier molecular flexibility index (Phi) is 8.02. The van der Waals surface area contributed by atoms with Gasteiger partial charge in [-0.05, 0) is 56.1 Å². The Morgan fingerprint density at radius 2 is 1.18 bits per heavy atom. The van der Waals surface area contributed by atoms with Gasteiger partial charge in [-0.3, -0.25) is 0 Å². The Morgan fingerprint density at radius 1 is 0.773 bits per heavy atom. The van der Waals surface area contributed by atoms with Crippen LogP contribution in [-0.4, -0.2) is 5.11 Å². The lowest BCUT2D eigenvalue weighted by Crippen LogP contribution is -1.95. The maximum Gasteiger partial charge on any atom is 0.145 e. The molecule has 0 aliphatic rings. The molecule has 0 aliphatic carbocycles. The zero-order valence-corrected chi connectivity index (χ0v) is 15.6. The Labute approximate surface area is 149 Å². The molecule has 0 heterocycles. The lowest BCUT2D eigenvalue weighted by molar-refractivity contribution is 0.268. The van der Waals surface area contributed by atoms with Crippen molar-refractivity contribution >= 4 is 47.8 Å². The zero-order valence-electron chi connectivity index (χ0n) is 10.8. The van der Waals surface area contributed by atoms with E-state index in [1.807, 2.05) is 0 Å². The molecule has 1 nitrogen and oxygen atoms in total. The molecule has 2 aromatic rings. The van der Waals surface area contributed by atoms with Gasteiger partial charge in [-0.1, -0.05) is 15.9 Å².